The standard InChI is InChI=1S/C19H34N4O2.HI/c1-13(2)11-20-18(21-12-15(24)23(3)4)22-16-14-7-10-25-17(14)19(16)8-5-6-9-19;/h13-14,16-17H,5-12H2,1-4H3,(H2,20,21,22);1H. The molecule has 1 aliphatic heterocycles. The molecule has 150 valence electrons. The molecule has 3 fully saturated rings. The molecule has 3 aliphatic rings. The van der Waals surface area contributed by atoms with E-state index in [1.54, 1.807) is 19.0 Å². The second-order valence-corrected chi connectivity index (χ2v) is 8.53. The van der Waals surface area contributed by atoms with Gasteiger partial charge in [0.05, 0.1) is 6.10 Å². The zero-order valence-corrected chi connectivity index (χ0v) is 18.9. The highest BCUT2D eigenvalue weighted by molar-refractivity contribution is 14.0. The van der Waals surface area contributed by atoms with Gasteiger partial charge in [0.1, 0.15) is 6.54 Å². The summed E-state index contributed by atoms with van der Waals surface area (Å²) in [6.07, 6.45) is 6.67. The van der Waals surface area contributed by atoms with Gasteiger partial charge in [-0.3, -0.25) is 4.79 Å². The number of carbonyl (C=O) groups excluding carboxylic acids is 1. The Kier molecular flexibility index (Phi) is 7.59. The molecule has 2 saturated carbocycles. The lowest BCUT2D eigenvalue weighted by molar-refractivity contribution is -0.127. The maximum atomic E-state index is 11.9. The van der Waals surface area contributed by atoms with E-state index < -0.39 is 0 Å². The van der Waals surface area contributed by atoms with E-state index in [-0.39, 0.29) is 41.8 Å². The van der Waals surface area contributed by atoms with Gasteiger partial charge in [0.25, 0.3) is 0 Å². The van der Waals surface area contributed by atoms with Crippen molar-refractivity contribution in [2.75, 3.05) is 33.8 Å². The molecule has 0 aromatic carbocycles. The summed E-state index contributed by atoms with van der Waals surface area (Å²) in [6.45, 7) is 6.29. The summed E-state index contributed by atoms with van der Waals surface area (Å²) in [5.41, 5.74) is 0.285. The quantitative estimate of drug-likeness (QED) is 0.362. The number of hydrogen-bond donors (Lipinski definition) is 2. The van der Waals surface area contributed by atoms with Crippen LogP contribution in [0, 0.1) is 17.3 Å². The zero-order valence-electron chi connectivity index (χ0n) is 16.6. The summed E-state index contributed by atoms with van der Waals surface area (Å²) in [4.78, 5) is 18.1. The minimum Gasteiger partial charge on any atom is -0.377 e. The molecular formula is C19H35IN4O2. The van der Waals surface area contributed by atoms with Gasteiger partial charge in [-0.2, -0.15) is 0 Å². The van der Waals surface area contributed by atoms with Gasteiger partial charge >= 0.3 is 0 Å². The van der Waals surface area contributed by atoms with Crippen molar-refractivity contribution in [2.24, 2.45) is 22.2 Å². The van der Waals surface area contributed by atoms with Crippen molar-refractivity contribution in [2.45, 2.75) is 58.1 Å². The normalized spacial score (nSPS) is 29.1. The Hall–Kier alpha value is -0.570. The van der Waals surface area contributed by atoms with Crippen molar-refractivity contribution < 1.29 is 9.53 Å². The Labute approximate surface area is 174 Å². The van der Waals surface area contributed by atoms with Crippen LogP contribution >= 0.6 is 24.0 Å². The summed E-state index contributed by atoms with van der Waals surface area (Å²) in [5, 5.41) is 7.12. The van der Waals surface area contributed by atoms with Gasteiger partial charge < -0.3 is 20.3 Å². The van der Waals surface area contributed by atoms with Gasteiger partial charge in [-0.25, -0.2) is 4.99 Å². The van der Waals surface area contributed by atoms with E-state index in [1.165, 1.54) is 25.7 Å². The third-order valence-electron chi connectivity index (χ3n) is 6.13. The zero-order chi connectivity index (χ0) is 18.0. The Bertz CT molecular complexity index is 518. The highest BCUT2D eigenvalue weighted by Gasteiger charge is 2.65. The molecule has 0 bridgehead atoms. The number of guanidine groups is 1. The minimum absolute atomic E-state index is 0. The number of fused-ring (bicyclic) bond motifs is 2. The predicted molar refractivity (Wildman–Crippen MR) is 115 cm³/mol. The van der Waals surface area contributed by atoms with Gasteiger partial charge in [0.2, 0.25) is 5.91 Å². The number of nitrogens with one attached hydrogen (secondary N) is 2. The molecule has 7 heteroatoms. The van der Waals surface area contributed by atoms with Crippen LogP contribution in [0.3, 0.4) is 0 Å². The second-order valence-electron chi connectivity index (χ2n) is 8.53. The molecule has 0 aromatic heterocycles. The monoisotopic (exact) mass is 478 g/mol. The summed E-state index contributed by atoms with van der Waals surface area (Å²) in [6, 6.07) is 0.426. The number of carbonyl (C=O) groups is 1. The van der Waals surface area contributed by atoms with E-state index in [1.807, 2.05) is 0 Å². The third-order valence-corrected chi connectivity index (χ3v) is 6.13. The molecule has 3 rings (SSSR count). The largest absolute Gasteiger partial charge is 0.377 e. The lowest BCUT2D eigenvalue weighted by Crippen LogP contribution is -2.69. The van der Waals surface area contributed by atoms with Gasteiger partial charge in [0, 0.05) is 44.6 Å². The van der Waals surface area contributed by atoms with Gasteiger partial charge in [-0.1, -0.05) is 26.7 Å². The lowest BCUT2D eigenvalue weighted by atomic mass is 9.54. The van der Waals surface area contributed by atoms with Crippen LogP contribution < -0.4 is 10.6 Å². The lowest BCUT2D eigenvalue weighted by Gasteiger charge is -2.57. The van der Waals surface area contributed by atoms with Crippen molar-refractivity contribution >= 4 is 35.8 Å². The Morgan fingerprint density at radius 2 is 2.00 bits per heavy atom. The summed E-state index contributed by atoms with van der Waals surface area (Å²) in [7, 11) is 3.54. The Morgan fingerprint density at radius 1 is 1.31 bits per heavy atom. The first-order chi connectivity index (χ1) is 11.9. The van der Waals surface area contributed by atoms with E-state index in [0.29, 0.717) is 24.0 Å². The maximum absolute atomic E-state index is 11.9. The average Bonchev–Trinajstić information content (AvgIpc) is 3.21. The predicted octanol–water partition coefficient (Wildman–Crippen LogP) is 2.23. The molecule has 1 spiro atoms. The molecule has 0 radical (unpaired) electrons. The number of rotatable bonds is 5. The molecule has 3 atom stereocenters. The van der Waals surface area contributed by atoms with Gasteiger partial charge in [0.15, 0.2) is 5.96 Å². The van der Waals surface area contributed by atoms with E-state index >= 15 is 0 Å². The number of halogens is 1. The molecule has 1 heterocycles. The van der Waals surface area contributed by atoms with Crippen LogP contribution in [-0.4, -0.2) is 62.7 Å². The van der Waals surface area contributed by atoms with Crippen LogP contribution in [0.25, 0.3) is 0 Å². The number of aliphatic imine (C=N–C) groups is 1. The third kappa shape index (κ3) is 4.29. The molecule has 2 aliphatic carbocycles. The number of amides is 1. The summed E-state index contributed by atoms with van der Waals surface area (Å²) < 4.78 is 6.07. The first kappa shape index (κ1) is 21.7. The van der Waals surface area contributed by atoms with Crippen LogP contribution in [-0.2, 0) is 9.53 Å². The van der Waals surface area contributed by atoms with E-state index in [0.717, 1.165) is 25.5 Å². The molecule has 0 aromatic rings. The van der Waals surface area contributed by atoms with E-state index in [4.69, 9.17) is 4.74 Å². The number of ether oxygens (including phenoxy) is 1. The first-order valence-corrected chi connectivity index (χ1v) is 9.80. The molecule has 26 heavy (non-hydrogen) atoms. The maximum Gasteiger partial charge on any atom is 0.243 e. The smallest absolute Gasteiger partial charge is 0.243 e. The van der Waals surface area contributed by atoms with Crippen LogP contribution in [0.4, 0.5) is 0 Å². The summed E-state index contributed by atoms with van der Waals surface area (Å²) >= 11 is 0. The summed E-state index contributed by atoms with van der Waals surface area (Å²) in [5.74, 6) is 1.93. The fourth-order valence-electron chi connectivity index (χ4n) is 4.79. The highest BCUT2D eigenvalue weighted by atomic mass is 127. The van der Waals surface area contributed by atoms with Crippen LogP contribution in [0.5, 0.6) is 0 Å². The van der Waals surface area contributed by atoms with Crippen LogP contribution in [0.1, 0.15) is 46.0 Å². The number of hydrogen-bond acceptors (Lipinski definition) is 3. The molecular weight excluding hydrogens is 443 g/mol. The molecule has 1 saturated heterocycles. The van der Waals surface area contributed by atoms with Crippen molar-refractivity contribution in [3.63, 3.8) is 0 Å². The molecule has 1 amide bonds. The second kappa shape index (κ2) is 9.08. The highest BCUT2D eigenvalue weighted by Crippen LogP contribution is 2.60. The SMILES string of the molecule is CC(C)CNC(=NCC(=O)N(C)C)NC1C2CCOC2C12CCCC2.I. The fraction of sp³-hybridized carbons (Fsp3) is 0.895. The Morgan fingerprint density at radius 3 is 2.62 bits per heavy atom. The van der Waals surface area contributed by atoms with Gasteiger partial charge in [-0.05, 0) is 25.2 Å². The average molecular weight is 478 g/mol. The van der Waals surface area contributed by atoms with E-state index in [2.05, 4.69) is 29.5 Å². The molecule has 2 N–H and O–H groups in total. The first-order valence-electron chi connectivity index (χ1n) is 9.80. The van der Waals surface area contributed by atoms with Gasteiger partial charge in [-0.15, -0.1) is 24.0 Å². The van der Waals surface area contributed by atoms with Crippen molar-refractivity contribution in [1.29, 1.82) is 0 Å². The van der Waals surface area contributed by atoms with Crippen molar-refractivity contribution in [3.8, 4) is 0 Å². The van der Waals surface area contributed by atoms with Crippen LogP contribution in [0.15, 0.2) is 4.99 Å². The number of likely N-dealkylation sites (N-methyl/N-ethyl adjacent to an activating group) is 1. The Balaban J connectivity index is 0.00000243. The van der Waals surface area contributed by atoms with Crippen LogP contribution in [0.2, 0.25) is 0 Å². The van der Waals surface area contributed by atoms with Crippen molar-refractivity contribution in [1.82, 2.24) is 15.5 Å². The topological polar surface area (TPSA) is 66.0 Å². The molecule has 3 unspecified atom stereocenters. The van der Waals surface area contributed by atoms with E-state index in [9.17, 15) is 4.79 Å². The minimum atomic E-state index is 0. The number of nitrogens with zero attached hydrogens (tertiary/aromatic N) is 2. The molecule has 6 nitrogen and oxygen atoms in total. The fourth-order valence-corrected chi connectivity index (χ4v) is 4.79. The van der Waals surface area contributed by atoms with Crippen molar-refractivity contribution in [3.05, 3.63) is 0 Å².